The number of hydrogen-bond acceptors (Lipinski definition) is 3. The lowest BCUT2D eigenvalue weighted by Crippen LogP contribution is -2.40. The Morgan fingerprint density at radius 3 is 3.00 bits per heavy atom. The van der Waals surface area contributed by atoms with E-state index in [9.17, 15) is 4.79 Å². The van der Waals surface area contributed by atoms with Gasteiger partial charge in [0.1, 0.15) is 5.75 Å². The van der Waals surface area contributed by atoms with Crippen LogP contribution in [-0.4, -0.2) is 41.2 Å². The van der Waals surface area contributed by atoms with Gasteiger partial charge in [-0.25, -0.2) is 0 Å². The van der Waals surface area contributed by atoms with Crippen molar-refractivity contribution in [2.45, 2.75) is 32.1 Å². The maximum atomic E-state index is 12.7. The normalized spacial score (nSPS) is 18.0. The van der Waals surface area contributed by atoms with E-state index in [0.29, 0.717) is 12.3 Å². The van der Waals surface area contributed by atoms with Crippen LogP contribution >= 0.6 is 0 Å². The van der Waals surface area contributed by atoms with Crippen molar-refractivity contribution in [1.29, 1.82) is 0 Å². The predicted octanol–water partition coefficient (Wildman–Crippen LogP) is 2.68. The van der Waals surface area contributed by atoms with Crippen molar-refractivity contribution >= 4 is 5.91 Å². The van der Waals surface area contributed by atoms with E-state index < -0.39 is 0 Å². The molecule has 1 N–H and O–H groups in total. The quantitative estimate of drug-likeness (QED) is 0.944. The Labute approximate surface area is 136 Å². The minimum absolute atomic E-state index is 0.159. The van der Waals surface area contributed by atoms with Crippen molar-refractivity contribution in [2.24, 2.45) is 0 Å². The number of carbonyl (C=O) groups excluding carboxylic acids is 1. The number of H-pyrrole nitrogens is 1. The molecule has 0 unspecified atom stereocenters. The molecule has 0 spiro atoms. The SMILES string of the molecule is COc1ccccc1CC(=O)N1CCC[C@H](c2cc(C)[nH]n2)C1. The maximum absolute atomic E-state index is 12.7. The van der Waals surface area contributed by atoms with E-state index in [1.165, 1.54) is 0 Å². The van der Waals surface area contributed by atoms with Crippen LogP contribution in [0, 0.1) is 6.92 Å². The zero-order valence-corrected chi connectivity index (χ0v) is 13.7. The minimum atomic E-state index is 0.159. The number of piperidine rings is 1. The molecule has 1 saturated heterocycles. The lowest BCUT2D eigenvalue weighted by molar-refractivity contribution is -0.131. The molecule has 5 heteroatoms. The number of ether oxygens (including phenoxy) is 1. The summed E-state index contributed by atoms with van der Waals surface area (Å²) in [6, 6.07) is 9.79. The summed E-state index contributed by atoms with van der Waals surface area (Å²) in [5, 5.41) is 7.36. The second kappa shape index (κ2) is 6.86. The van der Waals surface area contributed by atoms with Crippen molar-refractivity contribution < 1.29 is 9.53 Å². The van der Waals surface area contributed by atoms with E-state index in [1.807, 2.05) is 36.1 Å². The monoisotopic (exact) mass is 313 g/mol. The van der Waals surface area contributed by atoms with Crippen LogP contribution < -0.4 is 4.74 Å². The van der Waals surface area contributed by atoms with Gasteiger partial charge in [-0.3, -0.25) is 9.89 Å². The van der Waals surface area contributed by atoms with Gasteiger partial charge in [-0.15, -0.1) is 0 Å². The van der Waals surface area contributed by atoms with Crippen LogP contribution in [0.25, 0.3) is 0 Å². The van der Waals surface area contributed by atoms with E-state index in [4.69, 9.17) is 4.74 Å². The van der Waals surface area contributed by atoms with Gasteiger partial charge < -0.3 is 9.64 Å². The number of hydrogen-bond donors (Lipinski definition) is 1. The smallest absolute Gasteiger partial charge is 0.227 e. The molecule has 1 aromatic carbocycles. The van der Waals surface area contributed by atoms with Gasteiger partial charge in [-0.05, 0) is 31.9 Å². The van der Waals surface area contributed by atoms with Crippen molar-refractivity contribution in [3.63, 3.8) is 0 Å². The molecule has 2 aromatic rings. The number of para-hydroxylation sites is 1. The standard InChI is InChI=1S/C18H23N3O2/c1-13-10-16(20-19-13)15-7-5-9-21(12-15)18(22)11-14-6-3-4-8-17(14)23-2/h3-4,6,8,10,15H,5,7,9,11-12H2,1-2H3,(H,19,20)/t15-/m0/s1. The van der Waals surface area contributed by atoms with Crippen molar-refractivity contribution in [2.75, 3.05) is 20.2 Å². The van der Waals surface area contributed by atoms with Crippen molar-refractivity contribution in [3.05, 3.63) is 47.3 Å². The van der Waals surface area contributed by atoms with E-state index in [1.54, 1.807) is 7.11 Å². The number of benzene rings is 1. The molecule has 2 heterocycles. The lowest BCUT2D eigenvalue weighted by Gasteiger charge is -2.32. The molecular formula is C18H23N3O2. The van der Waals surface area contributed by atoms with Gasteiger partial charge in [0.2, 0.25) is 5.91 Å². The van der Waals surface area contributed by atoms with Gasteiger partial charge >= 0.3 is 0 Å². The molecule has 0 aliphatic carbocycles. The van der Waals surface area contributed by atoms with Crippen molar-refractivity contribution in [3.8, 4) is 5.75 Å². The summed E-state index contributed by atoms with van der Waals surface area (Å²) in [6.45, 7) is 3.58. The van der Waals surface area contributed by atoms with E-state index in [-0.39, 0.29) is 5.91 Å². The first-order valence-electron chi connectivity index (χ1n) is 8.09. The number of aromatic amines is 1. The molecule has 1 fully saturated rings. The summed E-state index contributed by atoms with van der Waals surface area (Å²) >= 11 is 0. The topological polar surface area (TPSA) is 58.2 Å². The Morgan fingerprint density at radius 2 is 2.26 bits per heavy atom. The first-order valence-corrected chi connectivity index (χ1v) is 8.09. The molecule has 1 amide bonds. The van der Waals surface area contributed by atoms with E-state index in [2.05, 4.69) is 16.3 Å². The largest absolute Gasteiger partial charge is 0.496 e. The first-order chi connectivity index (χ1) is 11.2. The number of amides is 1. The van der Waals surface area contributed by atoms with Gasteiger partial charge in [-0.1, -0.05) is 18.2 Å². The van der Waals surface area contributed by atoms with Crippen LogP contribution in [0.2, 0.25) is 0 Å². The number of nitrogens with zero attached hydrogens (tertiary/aromatic N) is 2. The summed E-state index contributed by atoms with van der Waals surface area (Å²) in [7, 11) is 1.64. The number of likely N-dealkylation sites (tertiary alicyclic amines) is 1. The Bertz CT molecular complexity index is 680. The first kappa shape index (κ1) is 15.6. The van der Waals surface area contributed by atoms with Crippen LogP contribution in [0.3, 0.4) is 0 Å². The third kappa shape index (κ3) is 3.55. The molecule has 0 radical (unpaired) electrons. The molecule has 5 nitrogen and oxygen atoms in total. The van der Waals surface area contributed by atoms with Crippen LogP contribution in [0.1, 0.15) is 35.7 Å². The molecule has 0 saturated carbocycles. The molecule has 1 aromatic heterocycles. The second-order valence-corrected chi connectivity index (χ2v) is 6.14. The zero-order chi connectivity index (χ0) is 16.2. The van der Waals surface area contributed by atoms with Crippen LogP contribution in [-0.2, 0) is 11.2 Å². The zero-order valence-electron chi connectivity index (χ0n) is 13.7. The fourth-order valence-electron chi connectivity index (χ4n) is 3.22. The fraction of sp³-hybridized carbons (Fsp3) is 0.444. The highest BCUT2D eigenvalue weighted by Gasteiger charge is 2.26. The van der Waals surface area contributed by atoms with Crippen LogP contribution in [0.5, 0.6) is 5.75 Å². The molecule has 0 bridgehead atoms. The molecule has 3 rings (SSSR count). The highest BCUT2D eigenvalue weighted by molar-refractivity contribution is 5.79. The average Bonchev–Trinajstić information content (AvgIpc) is 3.02. The van der Waals surface area contributed by atoms with Crippen LogP contribution in [0.15, 0.2) is 30.3 Å². The number of nitrogens with one attached hydrogen (secondary N) is 1. The number of aromatic nitrogens is 2. The van der Waals surface area contributed by atoms with E-state index in [0.717, 1.165) is 48.6 Å². The van der Waals surface area contributed by atoms with Gasteiger partial charge in [0, 0.05) is 30.3 Å². The third-order valence-electron chi connectivity index (χ3n) is 4.45. The lowest BCUT2D eigenvalue weighted by atomic mass is 9.94. The Kier molecular flexibility index (Phi) is 4.65. The maximum Gasteiger partial charge on any atom is 0.227 e. The number of rotatable bonds is 4. The molecule has 1 atom stereocenters. The van der Waals surface area contributed by atoms with Gasteiger partial charge in [0.15, 0.2) is 0 Å². The second-order valence-electron chi connectivity index (χ2n) is 6.14. The van der Waals surface area contributed by atoms with Gasteiger partial charge in [-0.2, -0.15) is 5.10 Å². The summed E-state index contributed by atoms with van der Waals surface area (Å²) in [5.41, 5.74) is 3.08. The number of aryl methyl sites for hydroxylation is 1. The highest BCUT2D eigenvalue weighted by atomic mass is 16.5. The van der Waals surface area contributed by atoms with Gasteiger partial charge in [0.25, 0.3) is 0 Å². The molecule has 122 valence electrons. The minimum Gasteiger partial charge on any atom is -0.496 e. The summed E-state index contributed by atoms with van der Waals surface area (Å²) in [5.74, 6) is 1.26. The summed E-state index contributed by atoms with van der Waals surface area (Å²) in [4.78, 5) is 14.6. The molecule has 23 heavy (non-hydrogen) atoms. The Balaban J connectivity index is 1.67. The summed E-state index contributed by atoms with van der Waals surface area (Å²) in [6.07, 6.45) is 2.49. The summed E-state index contributed by atoms with van der Waals surface area (Å²) < 4.78 is 5.34. The van der Waals surface area contributed by atoms with Crippen molar-refractivity contribution in [1.82, 2.24) is 15.1 Å². The van der Waals surface area contributed by atoms with Crippen LogP contribution in [0.4, 0.5) is 0 Å². The fourth-order valence-corrected chi connectivity index (χ4v) is 3.22. The molecular weight excluding hydrogens is 290 g/mol. The Hall–Kier alpha value is -2.30. The van der Waals surface area contributed by atoms with E-state index >= 15 is 0 Å². The third-order valence-corrected chi connectivity index (χ3v) is 4.45. The number of carbonyl (C=O) groups is 1. The molecule has 1 aliphatic heterocycles. The molecule has 1 aliphatic rings. The average molecular weight is 313 g/mol. The Morgan fingerprint density at radius 1 is 1.43 bits per heavy atom. The number of methoxy groups -OCH3 is 1. The van der Waals surface area contributed by atoms with Gasteiger partial charge in [0.05, 0.1) is 19.2 Å². The predicted molar refractivity (Wildman–Crippen MR) is 88.6 cm³/mol. The highest BCUT2D eigenvalue weighted by Crippen LogP contribution is 2.27.